The monoisotopic (exact) mass is 407 g/mol. The van der Waals surface area contributed by atoms with Crippen LogP contribution in [0.4, 0.5) is 0 Å². The minimum Gasteiger partial charge on any atom is -0.456 e. The summed E-state index contributed by atoms with van der Waals surface area (Å²) in [5.74, 6) is 1.67. The highest BCUT2D eigenvalue weighted by Crippen LogP contribution is 2.54. The number of aromatic nitrogens is 1. The van der Waals surface area contributed by atoms with Crippen molar-refractivity contribution in [2.24, 2.45) is 5.41 Å². The second-order valence-corrected chi connectivity index (χ2v) is 9.83. The number of sulfonamides is 1. The molecule has 8 nitrogen and oxygen atoms in total. The Morgan fingerprint density at radius 2 is 2.04 bits per heavy atom. The standard InChI is InChI=1S/C19H25N3O5S/c1-12-15(13(2)27-20-12)10-14-4-5-16(26-14)18(23)22-8-6-19(7-9-22)11-17(19)21-28(3,24)25/h4-5,17,21H,6-11H2,1-3H3. The summed E-state index contributed by atoms with van der Waals surface area (Å²) in [4.78, 5) is 14.6. The fourth-order valence-corrected chi connectivity index (χ4v) is 5.00. The highest BCUT2D eigenvalue weighted by Gasteiger charge is 2.56. The van der Waals surface area contributed by atoms with E-state index < -0.39 is 10.0 Å². The van der Waals surface area contributed by atoms with E-state index in [9.17, 15) is 13.2 Å². The fourth-order valence-electron chi connectivity index (χ4n) is 4.15. The van der Waals surface area contributed by atoms with E-state index in [1.54, 1.807) is 11.0 Å². The quantitative estimate of drug-likeness (QED) is 0.813. The first kappa shape index (κ1) is 19.2. The number of nitrogens with one attached hydrogen (secondary N) is 1. The van der Waals surface area contributed by atoms with Crippen LogP contribution in [-0.2, 0) is 16.4 Å². The number of furan rings is 1. The molecule has 0 bridgehead atoms. The van der Waals surface area contributed by atoms with Gasteiger partial charge >= 0.3 is 0 Å². The van der Waals surface area contributed by atoms with Gasteiger partial charge < -0.3 is 13.8 Å². The Bertz CT molecular complexity index is 979. The Hall–Kier alpha value is -2.13. The van der Waals surface area contributed by atoms with Crippen LogP contribution in [0.15, 0.2) is 21.1 Å². The third kappa shape index (κ3) is 3.73. The number of hydrogen-bond acceptors (Lipinski definition) is 6. The molecule has 28 heavy (non-hydrogen) atoms. The molecule has 1 spiro atoms. The minimum atomic E-state index is -3.19. The van der Waals surface area contributed by atoms with Crippen LogP contribution in [-0.4, -0.2) is 49.8 Å². The summed E-state index contributed by atoms with van der Waals surface area (Å²) in [5, 5.41) is 3.94. The van der Waals surface area contributed by atoms with Crippen molar-refractivity contribution in [3.63, 3.8) is 0 Å². The summed E-state index contributed by atoms with van der Waals surface area (Å²) in [6.45, 7) is 4.97. The normalized spacial score (nSPS) is 21.2. The van der Waals surface area contributed by atoms with Crippen LogP contribution in [0.2, 0.25) is 0 Å². The maximum atomic E-state index is 12.8. The zero-order valence-corrected chi connectivity index (χ0v) is 17.1. The Morgan fingerprint density at radius 3 is 2.64 bits per heavy atom. The van der Waals surface area contributed by atoms with Crippen LogP contribution in [0.25, 0.3) is 0 Å². The van der Waals surface area contributed by atoms with Crippen LogP contribution in [0.1, 0.15) is 52.6 Å². The molecule has 0 radical (unpaired) electrons. The number of rotatable bonds is 5. The summed E-state index contributed by atoms with van der Waals surface area (Å²) in [6, 6.07) is 3.54. The predicted octanol–water partition coefficient (Wildman–Crippen LogP) is 2.02. The van der Waals surface area contributed by atoms with Gasteiger partial charge in [0.1, 0.15) is 11.5 Å². The van der Waals surface area contributed by atoms with E-state index in [1.807, 2.05) is 19.9 Å². The van der Waals surface area contributed by atoms with E-state index in [0.29, 0.717) is 31.0 Å². The van der Waals surface area contributed by atoms with Crippen molar-refractivity contribution in [2.45, 2.75) is 45.6 Å². The van der Waals surface area contributed by atoms with Crippen molar-refractivity contribution in [3.05, 3.63) is 40.7 Å². The number of likely N-dealkylation sites (tertiary alicyclic amines) is 1. The van der Waals surface area contributed by atoms with Gasteiger partial charge in [-0.25, -0.2) is 13.1 Å². The van der Waals surface area contributed by atoms with Crippen molar-refractivity contribution in [1.82, 2.24) is 14.8 Å². The molecule has 1 saturated heterocycles. The number of amides is 1. The summed E-state index contributed by atoms with van der Waals surface area (Å²) in [6.07, 6.45) is 4.19. The lowest BCUT2D eigenvalue weighted by Gasteiger charge is -2.32. The van der Waals surface area contributed by atoms with Gasteiger partial charge in [0.05, 0.1) is 11.9 Å². The predicted molar refractivity (Wildman–Crippen MR) is 101 cm³/mol. The Kier molecular flexibility index (Phi) is 4.62. The lowest BCUT2D eigenvalue weighted by molar-refractivity contribution is 0.0640. The number of nitrogens with zero attached hydrogens (tertiary/aromatic N) is 2. The second kappa shape index (κ2) is 6.73. The second-order valence-electron chi connectivity index (χ2n) is 8.05. The zero-order valence-electron chi connectivity index (χ0n) is 16.3. The molecule has 1 atom stereocenters. The maximum absolute atomic E-state index is 12.8. The third-order valence-corrected chi connectivity index (χ3v) is 6.71. The molecular formula is C19H25N3O5S. The Labute approximate surface area is 164 Å². The van der Waals surface area contributed by atoms with Crippen LogP contribution >= 0.6 is 0 Å². The number of carbonyl (C=O) groups excluding carboxylic acids is 1. The first-order valence-electron chi connectivity index (χ1n) is 9.44. The average Bonchev–Trinajstić information content (AvgIpc) is 2.96. The zero-order chi connectivity index (χ0) is 20.1. The molecule has 1 unspecified atom stereocenters. The molecule has 1 aliphatic heterocycles. The van der Waals surface area contributed by atoms with Crippen molar-refractivity contribution < 1.29 is 22.2 Å². The summed E-state index contributed by atoms with van der Waals surface area (Å²) < 4.78 is 36.5. The number of hydrogen-bond donors (Lipinski definition) is 1. The van der Waals surface area contributed by atoms with E-state index >= 15 is 0 Å². The lowest BCUT2D eigenvalue weighted by Crippen LogP contribution is -2.41. The van der Waals surface area contributed by atoms with E-state index in [0.717, 1.165) is 36.3 Å². The first-order valence-corrected chi connectivity index (χ1v) is 11.3. The van der Waals surface area contributed by atoms with Gasteiger partial charge in [-0.2, -0.15) is 0 Å². The van der Waals surface area contributed by atoms with E-state index in [2.05, 4.69) is 9.88 Å². The highest BCUT2D eigenvalue weighted by molar-refractivity contribution is 7.88. The number of piperidine rings is 1. The summed E-state index contributed by atoms with van der Waals surface area (Å²) in [7, 11) is -3.19. The van der Waals surface area contributed by atoms with Gasteiger partial charge in [-0.1, -0.05) is 5.16 Å². The molecule has 2 aliphatic rings. The summed E-state index contributed by atoms with van der Waals surface area (Å²) in [5.41, 5.74) is 1.81. The van der Waals surface area contributed by atoms with Gasteiger partial charge in [-0.3, -0.25) is 4.79 Å². The molecule has 152 valence electrons. The third-order valence-electron chi connectivity index (χ3n) is 6.00. The molecule has 2 fully saturated rings. The lowest BCUT2D eigenvalue weighted by atomic mass is 9.92. The minimum absolute atomic E-state index is 0.00464. The van der Waals surface area contributed by atoms with E-state index in [4.69, 9.17) is 8.94 Å². The topological polar surface area (TPSA) is 106 Å². The van der Waals surface area contributed by atoms with Crippen molar-refractivity contribution in [3.8, 4) is 0 Å². The summed E-state index contributed by atoms with van der Waals surface area (Å²) >= 11 is 0. The van der Waals surface area contributed by atoms with Crippen LogP contribution in [0, 0.1) is 19.3 Å². The maximum Gasteiger partial charge on any atom is 0.289 e. The van der Waals surface area contributed by atoms with Gasteiger partial charge in [0.25, 0.3) is 5.91 Å². The largest absolute Gasteiger partial charge is 0.456 e. The van der Waals surface area contributed by atoms with E-state index in [-0.39, 0.29) is 17.4 Å². The number of aryl methyl sites for hydroxylation is 2. The van der Waals surface area contributed by atoms with Crippen LogP contribution < -0.4 is 4.72 Å². The molecule has 0 aromatic carbocycles. The molecule has 4 rings (SSSR count). The molecular weight excluding hydrogens is 382 g/mol. The molecule has 1 aliphatic carbocycles. The molecule has 2 aromatic rings. The van der Waals surface area contributed by atoms with Gasteiger partial charge in [0, 0.05) is 31.1 Å². The fraction of sp³-hybridized carbons (Fsp3) is 0.579. The SMILES string of the molecule is Cc1noc(C)c1Cc1ccc(C(=O)N2CCC3(CC2)CC3NS(C)(=O)=O)o1. The van der Waals surface area contributed by atoms with Crippen LogP contribution in [0.3, 0.4) is 0 Å². The van der Waals surface area contributed by atoms with Gasteiger partial charge in [-0.05, 0) is 50.7 Å². The Balaban J connectivity index is 1.36. The molecule has 1 N–H and O–H groups in total. The van der Waals surface area contributed by atoms with E-state index in [1.165, 1.54) is 6.26 Å². The smallest absolute Gasteiger partial charge is 0.289 e. The molecule has 1 saturated carbocycles. The molecule has 2 aromatic heterocycles. The number of carbonyl (C=O) groups is 1. The molecule has 9 heteroatoms. The van der Waals surface area contributed by atoms with Gasteiger partial charge in [-0.15, -0.1) is 0 Å². The Morgan fingerprint density at radius 1 is 1.32 bits per heavy atom. The molecule has 1 amide bonds. The van der Waals surface area contributed by atoms with Crippen molar-refractivity contribution in [1.29, 1.82) is 0 Å². The van der Waals surface area contributed by atoms with Gasteiger partial charge in [0.15, 0.2) is 5.76 Å². The first-order chi connectivity index (χ1) is 13.2. The molecule has 3 heterocycles. The van der Waals surface area contributed by atoms with Crippen LogP contribution in [0.5, 0.6) is 0 Å². The van der Waals surface area contributed by atoms with Gasteiger partial charge in [0.2, 0.25) is 10.0 Å². The average molecular weight is 407 g/mol. The van der Waals surface area contributed by atoms with Crippen molar-refractivity contribution in [2.75, 3.05) is 19.3 Å². The van der Waals surface area contributed by atoms with Crippen molar-refractivity contribution >= 4 is 15.9 Å². The highest BCUT2D eigenvalue weighted by atomic mass is 32.2.